The van der Waals surface area contributed by atoms with E-state index in [2.05, 4.69) is 20.3 Å². The van der Waals surface area contributed by atoms with Crippen molar-refractivity contribution in [2.45, 2.75) is 69.2 Å². The van der Waals surface area contributed by atoms with Crippen molar-refractivity contribution in [1.82, 2.24) is 29.4 Å². The van der Waals surface area contributed by atoms with Crippen LogP contribution in [0.5, 0.6) is 11.5 Å². The minimum absolute atomic E-state index is 0.0649. The lowest BCUT2D eigenvalue weighted by molar-refractivity contribution is -0.136. The average Bonchev–Trinajstić information content (AvgIpc) is 3.46. The van der Waals surface area contributed by atoms with Crippen LogP contribution in [0.3, 0.4) is 0 Å². The van der Waals surface area contributed by atoms with Gasteiger partial charge in [0, 0.05) is 76.0 Å². The maximum Gasteiger partial charge on any atom is 0.264 e. The number of aromatic nitrogens is 2. The Morgan fingerprint density at radius 2 is 1.56 bits per heavy atom. The lowest BCUT2D eigenvalue weighted by atomic mass is 9.98. The quantitative estimate of drug-likeness (QED) is 0.0976. The lowest BCUT2D eigenvalue weighted by Gasteiger charge is -2.39. The summed E-state index contributed by atoms with van der Waals surface area (Å²) in [6, 6.07) is 9.64. The van der Waals surface area contributed by atoms with Crippen LogP contribution >= 0.6 is 0 Å². The van der Waals surface area contributed by atoms with Crippen LogP contribution in [0.15, 0.2) is 59.8 Å². The van der Waals surface area contributed by atoms with E-state index in [1.165, 1.54) is 4.57 Å². The van der Waals surface area contributed by atoms with E-state index in [0.717, 1.165) is 65.5 Å². The highest BCUT2D eigenvalue weighted by atomic mass is 32.2. The maximum atomic E-state index is 13.3. The molecular weight excluding hydrogens is 779 g/mol. The Morgan fingerprint density at radius 3 is 2.25 bits per heavy atom. The summed E-state index contributed by atoms with van der Waals surface area (Å²) in [5.41, 5.74) is 3.34. The number of anilines is 1. The van der Waals surface area contributed by atoms with Crippen molar-refractivity contribution < 1.29 is 37.1 Å². The van der Waals surface area contributed by atoms with Gasteiger partial charge in [0.2, 0.25) is 21.8 Å². The first kappa shape index (κ1) is 41.5. The number of carbonyl (C=O) groups excluding carboxylic acids is 4. The van der Waals surface area contributed by atoms with Crippen molar-refractivity contribution in [3.05, 3.63) is 82.0 Å². The van der Waals surface area contributed by atoms with Gasteiger partial charge in [-0.2, -0.15) is 0 Å². The Labute approximate surface area is 342 Å². The van der Waals surface area contributed by atoms with Crippen LogP contribution in [0.2, 0.25) is 0 Å². The number of piperidine rings is 1. The average molecular weight is 828 g/mol. The molecule has 0 aliphatic carbocycles. The van der Waals surface area contributed by atoms with E-state index in [1.54, 1.807) is 58.1 Å². The molecule has 4 aromatic rings. The number of pyridine rings is 2. The van der Waals surface area contributed by atoms with Crippen LogP contribution in [0.4, 0.5) is 5.69 Å². The Morgan fingerprint density at radius 1 is 0.864 bits per heavy atom. The van der Waals surface area contributed by atoms with Crippen LogP contribution in [0.25, 0.3) is 21.9 Å². The fourth-order valence-corrected chi connectivity index (χ4v) is 9.56. The summed E-state index contributed by atoms with van der Waals surface area (Å²) < 4.78 is 42.1. The van der Waals surface area contributed by atoms with Crippen LogP contribution < -0.4 is 30.4 Å². The van der Waals surface area contributed by atoms with Gasteiger partial charge in [-0.1, -0.05) is 31.7 Å². The second kappa shape index (κ2) is 17.7. The smallest absolute Gasteiger partial charge is 0.264 e. The second-order valence-corrected chi connectivity index (χ2v) is 17.3. The van der Waals surface area contributed by atoms with Crippen molar-refractivity contribution in [2.24, 2.45) is 7.05 Å². The molecule has 312 valence electrons. The molecule has 1 unspecified atom stereocenters. The van der Waals surface area contributed by atoms with E-state index >= 15 is 0 Å². The Hall–Kier alpha value is -5.65. The van der Waals surface area contributed by atoms with Gasteiger partial charge in [0.25, 0.3) is 17.4 Å². The third-order valence-electron chi connectivity index (χ3n) is 11.3. The van der Waals surface area contributed by atoms with Crippen molar-refractivity contribution in [1.29, 1.82) is 0 Å². The van der Waals surface area contributed by atoms with Crippen LogP contribution in [0, 0.1) is 0 Å². The highest BCUT2D eigenvalue weighted by Gasteiger charge is 2.45. The number of imide groups is 2. The summed E-state index contributed by atoms with van der Waals surface area (Å²) in [5.74, 6) is -0.923. The number of methoxy groups -OCH3 is 2. The van der Waals surface area contributed by atoms with Gasteiger partial charge in [-0.25, -0.2) is 13.1 Å². The van der Waals surface area contributed by atoms with Crippen LogP contribution in [-0.2, 0) is 33.2 Å². The number of nitrogens with one attached hydrogen (secondary N) is 3. The van der Waals surface area contributed by atoms with Crippen molar-refractivity contribution >= 4 is 50.1 Å². The number of rotatable bonds is 18. The molecule has 2 fully saturated rings. The van der Waals surface area contributed by atoms with E-state index in [-0.39, 0.29) is 29.5 Å². The molecule has 3 aliphatic rings. The van der Waals surface area contributed by atoms with E-state index in [9.17, 15) is 32.4 Å². The number of aryl methyl sites for hydroxylation is 1. The molecule has 7 rings (SSSR count). The number of carbonyl (C=O) groups is 4. The number of fused-ring (bicyclic) bond motifs is 2. The van der Waals surface area contributed by atoms with Crippen molar-refractivity contribution in [3.63, 3.8) is 0 Å². The highest BCUT2D eigenvalue weighted by Crippen LogP contribution is 2.39. The van der Waals surface area contributed by atoms with Gasteiger partial charge in [-0.3, -0.25) is 44.1 Å². The zero-order chi connectivity index (χ0) is 41.8. The lowest BCUT2D eigenvalue weighted by Crippen LogP contribution is -2.57. The largest absolute Gasteiger partial charge is 0.496 e. The summed E-state index contributed by atoms with van der Waals surface area (Å²) in [6.07, 6.45) is 10.5. The SMILES string of the molecule is COc1cc(-c2cn(C)c(=O)c3cnccc23)cc(OC)c1CN1CC(S(=O)(=O)NCCCCCCCCNc2cccc3c2C(=O)N(C2CCC(=O)NC2=O)C3=O)C1. The molecule has 16 nitrogen and oxygen atoms in total. The summed E-state index contributed by atoms with van der Waals surface area (Å²) in [5, 5.41) is 6.25. The fraction of sp³-hybridized carbons (Fsp3) is 0.429. The third-order valence-corrected chi connectivity index (χ3v) is 13.1. The predicted molar refractivity (Wildman–Crippen MR) is 221 cm³/mol. The summed E-state index contributed by atoms with van der Waals surface area (Å²) in [7, 11) is 1.39. The topological polar surface area (TPSA) is 198 Å². The van der Waals surface area contributed by atoms with E-state index in [1.807, 2.05) is 23.1 Å². The molecule has 17 heteroatoms. The van der Waals surface area contributed by atoms with Crippen molar-refractivity contribution in [2.75, 3.05) is 45.7 Å². The molecule has 3 N–H and O–H groups in total. The van der Waals surface area contributed by atoms with Gasteiger partial charge in [0.15, 0.2) is 0 Å². The number of unbranched alkanes of at least 4 members (excludes halogenated alkanes) is 5. The molecular formula is C42H49N7O9S. The number of likely N-dealkylation sites (tertiary alicyclic amines) is 1. The number of nitrogens with zero attached hydrogens (tertiary/aromatic N) is 4. The Bertz CT molecular complexity index is 2440. The molecule has 0 saturated carbocycles. The van der Waals surface area contributed by atoms with Crippen LogP contribution in [-0.4, -0.2) is 103 Å². The number of hydrogen-bond acceptors (Lipinski definition) is 12. The highest BCUT2D eigenvalue weighted by molar-refractivity contribution is 7.90. The third kappa shape index (κ3) is 8.58. The van der Waals surface area contributed by atoms with Gasteiger partial charge in [-0.05, 0) is 60.5 Å². The first-order valence-corrected chi connectivity index (χ1v) is 21.4. The number of amides is 4. The maximum absolute atomic E-state index is 13.3. The van der Waals surface area contributed by atoms with Gasteiger partial charge in [-0.15, -0.1) is 0 Å². The molecule has 3 aliphatic heterocycles. The van der Waals surface area contributed by atoms with Crippen molar-refractivity contribution in [3.8, 4) is 22.6 Å². The zero-order valence-corrected chi connectivity index (χ0v) is 34.2. The number of hydrogen-bond donors (Lipinski definition) is 3. The molecule has 59 heavy (non-hydrogen) atoms. The molecule has 2 aromatic heterocycles. The minimum Gasteiger partial charge on any atom is -0.496 e. The first-order chi connectivity index (χ1) is 28.4. The standard InChI is InChI=1S/C42H49N7O9S/c1-47-24-31(28-15-18-43-21-30(28)40(47)52)26-19-35(57-2)32(36(20-26)58-3)25-48-22-27(23-48)59(55,56)45-17-9-7-5-4-6-8-16-44-33-12-10-11-29-38(33)42(54)49(41(29)53)34-13-14-37(50)46-39(34)51/h10-12,15,18-21,24,27,34,44-45H,4-9,13-14,16-17,22-23,25H2,1-3H3,(H,46,50,51). The summed E-state index contributed by atoms with van der Waals surface area (Å²) in [6.45, 7) is 2.17. The number of benzene rings is 2. The molecule has 2 aromatic carbocycles. The molecule has 5 heterocycles. The Balaban J connectivity index is 0.817. The normalized spacial score (nSPS) is 17.3. The summed E-state index contributed by atoms with van der Waals surface area (Å²) in [4.78, 5) is 70.2. The molecule has 4 amide bonds. The van der Waals surface area contributed by atoms with E-state index in [0.29, 0.717) is 55.3 Å². The summed E-state index contributed by atoms with van der Waals surface area (Å²) >= 11 is 0. The Kier molecular flexibility index (Phi) is 12.4. The monoisotopic (exact) mass is 827 g/mol. The number of sulfonamides is 1. The zero-order valence-electron chi connectivity index (χ0n) is 33.4. The second-order valence-electron chi connectivity index (χ2n) is 15.2. The molecule has 0 spiro atoms. The van der Waals surface area contributed by atoms with Gasteiger partial charge >= 0.3 is 0 Å². The molecule has 1 atom stereocenters. The minimum atomic E-state index is -3.49. The molecule has 2 saturated heterocycles. The molecule has 0 bridgehead atoms. The van der Waals surface area contributed by atoms with Crippen LogP contribution in [0.1, 0.15) is 77.6 Å². The van der Waals surface area contributed by atoms with Gasteiger partial charge in [0.1, 0.15) is 22.8 Å². The molecule has 0 radical (unpaired) electrons. The predicted octanol–water partition coefficient (Wildman–Crippen LogP) is 3.58. The fourth-order valence-electron chi connectivity index (χ4n) is 8.08. The number of ether oxygens (including phenoxy) is 2. The van der Waals surface area contributed by atoms with Gasteiger partial charge in [0.05, 0.1) is 36.3 Å². The van der Waals surface area contributed by atoms with E-state index in [4.69, 9.17) is 9.47 Å². The first-order valence-electron chi connectivity index (χ1n) is 19.9. The van der Waals surface area contributed by atoms with Gasteiger partial charge < -0.3 is 19.4 Å². The van der Waals surface area contributed by atoms with E-state index < -0.39 is 44.9 Å².